The van der Waals surface area contributed by atoms with Gasteiger partial charge in [-0.3, -0.25) is 14.2 Å². The van der Waals surface area contributed by atoms with Gasteiger partial charge in [0, 0.05) is 21.5 Å². The van der Waals surface area contributed by atoms with Crippen LogP contribution in [0.3, 0.4) is 0 Å². The molecule has 1 aromatic carbocycles. The van der Waals surface area contributed by atoms with Crippen LogP contribution in [0.4, 0.5) is 5.69 Å². The lowest BCUT2D eigenvalue weighted by Crippen LogP contribution is -2.28. The van der Waals surface area contributed by atoms with Gasteiger partial charge >= 0.3 is 0 Å². The van der Waals surface area contributed by atoms with E-state index in [1.807, 2.05) is 47.2 Å². The lowest BCUT2D eigenvalue weighted by Gasteiger charge is -2.23. The number of nitrogens with zero attached hydrogens (tertiary/aromatic N) is 2. The Bertz CT molecular complexity index is 1230. The minimum absolute atomic E-state index is 0.0834. The number of rotatable bonds is 4. The summed E-state index contributed by atoms with van der Waals surface area (Å²) in [5.41, 5.74) is 2.39. The van der Waals surface area contributed by atoms with Crippen LogP contribution in [-0.2, 0) is 16.8 Å². The predicted octanol–water partition coefficient (Wildman–Crippen LogP) is 5.12. The van der Waals surface area contributed by atoms with E-state index >= 15 is 0 Å². The van der Waals surface area contributed by atoms with Crippen LogP contribution in [0.1, 0.15) is 26.3 Å². The quantitative estimate of drug-likeness (QED) is 0.495. The maximum atomic E-state index is 13.1. The summed E-state index contributed by atoms with van der Waals surface area (Å²) in [6, 6.07) is 11.7. The third kappa shape index (κ3) is 3.88. The van der Waals surface area contributed by atoms with Gasteiger partial charge < -0.3 is 5.32 Å². The van der Waals surface area contributed by atoms with Crippen molar-refractivity contribution in [3.05, 3.63) is 69.4 Å². The van der Waals surface area contributed by atoms with Crippen LogP contribution in [0.5, 0.6) is 0 Å². The summed E-state index contributed by atoms with van der Waals surface area (Å²) in [4.78, 5) is 31.9. The van der Waals surface area contributed by atoms with E-state index in [0.29, 0.717) is 10.2 Å². The van der Waals surface area contributed by atoms with Crippen molar-refractivity contribution in [3.63, 3.8) is 0 Å². The molecule has 0 spiro atoms. The highest BCUT2D eigenvalue weighted by molar-refractivity contribution is 7.18. The molecule has 7 heteroatoms. The zero-order valence-corrected chi connectivity index (χ0v) is 18.1. The summed E-state index contributed by atoms with van der Waals surface area (Å²) < 4.78 is 1.38. The fourth-order valence-corrected chi connectivity index (χ4v) is 5.00. The number of nitrogens with one attached hydrogen (secondary N) is 1. The number of fused-ring (bicyclic) bond motifs is 1. The highest BCUT2D eigenvalue weighted by Gasteiger charge is 2.19. The molecule has 1 N–H and O–H groups in total. The standard InChI is InChI=1S/C22H21N3O2S2/c1-22(2,3)15-7-4-5-8-16(15)24-18(26)11-25-13-23-20-19(21(25)27)14(12-29-20)17-9-6-10-28-17/h4-10,12-13H,11H2,1-3H3,(H,24,26). The van der Waals surface area contributed by atoms with Gasteiger partial charge in [-0.1, -0.05) is 45.0 Å². The fraction of sp³-hybridized carbons (Fsp3) is 0.227. The van der Waals surface area contributed by atoms with Crippen molar-refractivity contribution in [1.82, 2.24) is 9.55 Å². The van der Waals surface area contributed by atoms with Crippen LogP contribution in [0.15, 0.2) is 58.3 Å². The van der Waals surface area contributed by atoms with E-state index in [4.69, 9.17) is 0 Å². The monoisotopic (exact) mass is 423 g/mol. The van der Waals surface area contributed by atoms with Crippen molar-refractivity contribution in [1.29, 1.82) is 0 Å². The second-order valence-electron chi connectivity index (χ2n) is 7.83. The van der Waals surface area contributed by atoms with E-state index in [1.165, 1.54) is 22.2 Å². The Morgan fingerprint density at radius 1 is 1.14 bits per heavy atom. The largest absolute Gasteiger partial charge is 0.324 e. The van der Waals surface area contributed by atoms with Crippen LogP contribution >= 0.6 is 22.7 Å². The normalized spacial score (nSPS) is 11.7. The number of hydrogen-bond acceptors (Lipinski definition) is 5. The molecule has 148 valence electrons. The summed E-state index contributed by atoms with van der Waals surface area (Å²) >= 11 is 3.02. The molecule has 0 aliphatic rings. The average molecular weight is 424 g/mol. The summed E-state index contributed by atoms with van der Waals surface area (Å²) in [6.07, 6.45) is 1.45. The van der Waals surface area contributed by atoms with E-state index in [9.17, 15) is 9.59 Å². The van der Waals surface area contributed by atoms with Crippen LogP contribution < -0.4 is 10.9 Å². The SMILES string of the molecule is CC(C)(C)c1ccccc1NC(=O)Cn1cnc2scc(-c3cccs3)c2c1=O. The summed E-state index contributed by atoms with van der Waals surface area (Å²) in [5.74, 6) is -0.252. The molecule has 0 fully saturated rings. The van der Waals surface area contributed by atoms with Gasteiger partial charge in [0.25, 0.3) is 5.56 Å². The van der Waals surface area contributed by atoms with Crippen molar-refractivity contribution in [3.8, 4) is 10.4 Å². The molecule has 1 amide bonds. The maximum Gasteiger partial charge on any atom is 0.263 e. The van der Waals surface area contributed by atoms with Crippen LogP contribution in [-0.4, -0.2) is 15.5 Å². The van der Waals surface area contributed by atoms with Crippen LogP contribution in [0.25, 0.3) is 20.7 Å². The summed E-state index contributed by atoms with van der Waals surface area (Å²) in [6.45, 7) is 6.22. The van der Waals surface area contributed by atoms with E-state index in [2.05, 4.69) is 31.1 Å². The minimum Gasteiger partial charge on any atom is -0.324 e. The van der Waals surface area contributed by atoms with Gasteiger partial charge in [0.05, 0.1) is 11.7 Å². The molecule has 3 aromatic heterocycles. The molecular formula is C22H21N3O2S2. The van der Waals surface area contributed by atoms with Gasteiger partial charge in [0.1, 0.15) is 11.4 Å². The second-order valence-corrected chi connectivity index (χ2v) is 9.63. The molecule has 4 rings (SSSR count). The third-order valence-electron chi connectivity index (χ3n) is 4.67. The topological polar surface area (TPSA) is 64.0 Å². The Labute approximate surface area is 176 Å². The molecule has 3 heterocycles. The molecule has 0 aliphatic heterocycles. The fourth-order valence-electron chi connectivity index (χ4n) is 3.28. The molecule has 0 atom stereocenters. The Hall–Kier alpha value is -2.77. The lowest BCUT2D eigenvalue weighted by atomic mass is 9.86. The Balaban J connectivity index is 1.64. The first-order valence-corrected chi connectivity index (χ1v) is 11.0. The molecule has 0 radical (unpaired) electrons. The maximum absolute atomic E-state index is 13.1. The van der Waals surface area contributed by atoms with Gasteiger partial charge in [-0.05, 0) is 28.5 Å². The lowest BCUT2D eigenvalue weighted by molar-refractivity contribution is -0.116. The third-order valence-corrected chi connectivity index (χ3v) is 6.46. The highest BCUT2D eigenvalue weighted by atomic mass is 32.1. The molecule has 0 bridgehead atoms. The predicted molar refractivity (Wildman–Crippen MR) is 121 cm³/mol. The van der Waals surface area contributed by atoms with Gasteiger partial charge in [0.15, 0.2) is 0 Å². The molecule has 0 aliphatic carbocycles. The molecule has 0 saturated heterocycles. The Kier molecular flexibility index (Phi) is 5.10. The van der Waals surface area contributed by atoms with Gasteiger partial charge in [-0.25, -0.2) is 4.98 Å². The zero-order valence-electron chi connectivity index (χ0n) is 16.4. The first-order chi connectivity index (χ1) is 13.8. The van der Waals surface area contributed by atoms with Crippen LogP contribution in [0.2, 0.25) is 0 Å². The number of thiophene rings is 2. The molecule has 0 saturated carbocycles. The number of benzene rings is 1. The Morgan fingerprint density at radius 3 is 2.66 bits per heavy atom. The molecule has 29 heavy (non-hydrogen) atoms. The minimum atomic E-state index is -0.252. The van der Waals surface area contributed by atoms with Crippen molar-refractivity contribution in [2.75, 3.05) is 5.32 Å². The number of hydrogen-bond donors (Lipinski definition) is 1. The Morgan fingerprint density at radius 2 is 1.93 bits per heavy atom. The number of amides is 1. The second kappa shape index (κ2) is 7.57. The number of anilines is 1. The van der Waals surface area contributed by atoms with Gasteiger partial charge in [0.2, 0.25) is 5.91 Å². The van der Waals surface area contributed by atoms with Crippen molar-refractivity contribution < 1.29 is 4.79 Å². The highest BCUT2D eigenvalue weighted by Crippen LogP contribution is 2.33. The number of carbonyl (C=O) groups excluding carboxylic acids is 1. The first-order valence-electron chi connectivity index (χ1n) is 9.24. The smallest absolute Gasteiger partial charge is 0.263 e. The van der Waals surface area contributed by atoms with E-state index < -0.39 is 0 Å². The number of carbonyl (C=O) groups is 1. The molecular weight excluding hydrogens is 402 g/mol. The van der Waals surface area contributed by atoms with Crippen molar-refractivity contribution in [2.45, 2.75) is 32.7 Å². The first kappa shape index (κ1) is 19.5. The molecule has 0 unspecified atom stereocenters. The van der Waals surface area contributed by atoms with E-state index in [-0.39, 0.29) is 23.4 Å². The van der Waals surface area contributed by atoms with Crippen molar-refractivity contribution in [2.24, 2.45) is 0 Å². The molecule has 4 aromatic rings. The number of aromatic nitrogens is 2. The van der Waals surface area contributed by atoms with Gasteiger partial charge in [-0.15, -0.1) is 22.7 Å². The molecule has 5 nitrogen and oxygen atoms in total. The van der Waals surface area contributed by atoms with E-state index in [1.54, 1.807) is 11.3 Å². The van der Waals surface area contributed by atoms with E-state index in [0.717, 1.165) is 21.7 Å². The van der Waals surface area contributed by atoms with Crippen LogP contribution in [0, 0.1) is 0 Å². The summed E-state index contributed by atoms with van der Waals surface area (Å²) in [5, 5.41) is 7.46. The van der Waals surface area contributed by atoms with Crippen molar-refractivity contribution >= 4 is 44.5 Å². The average Bonchev–Trinajstić information content (AvgIpc) is 3.33. The zero-order chi connectivity index (χ0) is 20.6. The van der Waals surface area contributed by atoms with Gasteiger partial charge in [-0.2, -0.15) is 0 Å². The number of para-hydroxylation sites is 1. The summed E-state index contributed by atoms with van der Waals surface area (Å²) in [7, 11) is 0.